The summed E-state index contributed by atoms with van der Waals surface area (Å²) in [5.74, 6) is -0.412. The Labute approximate surface area is 120 Å². The first kappa shape index (κ1) is 13.7. The Kier molecular flexibility index (Phi) is 4.25. The van der Waals surface area contributed by atoms with Crippen LogP contribution in [0.2, 0.25) is 10.0 Å². The monoisotopic (exact) mass is 292 g/mol. The van der Waals surface area contributed by atoms with E-state index in [9.17, 15) is 9.90 Å². The number of hydrogen-bond acceptors (Lipinski definition) is 2. The number of allylic oxidation sites excluding steroid dienone is 1. The average molecular weight is 293 g/mol. The van der Waals surface area contributed by atoms with Crippen LogP contribution in [-0.4, -0.2) is 10.9 Å². The van der Waals surface area contributed by atoms with Crippen molar-refractivity contribution in [2.45, 2.75) is 0 Å². The van der Waals surface area contributed by atoms with Crippen molar-refractivity contribution >= 4 is 35.1 Å². The van der Waals surface area contributed by atoms with Crippen molar-refractivity contribution in [1.82, 2.24) is 0 Å². The molecule has 2 aromatic rings. The minimum Gasteiger partial charge on any atom is -0.507 e. The summed E-state index contributed by atoms with van der Waals surface area (Å²) >= 11 is 11.6. The van der Waals surface area contributed by atoms with Gasteiger partial charge in [-0.2, -0.15) is 0 Å². The number of carbonyl (C=O) groups is 1. The molecule has 0 bridgehead atoms. The third-order valence-corrected chi connectivity index (χ3v) is 2.97. The number of hydrogen-bond donors (Lipinski definition) is 1. The highest BCUT2D eigenvalue weighted by molar-refractivity contribution is 6.31. The molecule has 4 heteroatoms. The SMILES string of the molecule is O=C(C=Cc1cccc(Cl)c1)c1cc(Cl)ccc1O. The first-order valence-electron chi connectivity index (χ1n) is 5.53. The van der Waals surface area contributed by atoms with Crippen molar-refractivity contribution in [2.75, 3.05) is 0 Å². The first-order valence-corrected chi connectivity index (χ1v) is 6.28. The molecule has 2 rings (SSSR count). The standard InChI is InChI=1S/C15H10Cl2O2/c16-11-3-1-2-10(8-11)4-6-14(18)13-9-12(17)5-7-15(13)19/h1-9,19H. The maximum Gasteiger partial charge on any atom is 0.189 e. The summed E-state index contributed by atoms with van der Waals surface area (Å²) in [5.41, 5.74) is 0.980. The van der Waals surface area contributed by atoms with Gasteiger partial charge in [0, 0.05) is 10.0 Å². The molecule has 0 unspecified atom stereocenters. The molecule has 19 heavy (non-hydrogen) atoms. The van der Waals surface area contributed by atoms with Gasteiger partial charge in [0.1, 0.15) is 5.75 Å². The fourth-order valence-electron chi connectivity index (χ4n) is 1.58. The molecule has 0 aromatic heterocycles. The molecule has 0 radical (unpaired) electrons. The van der Waals surface area contributed by atoms with Gasteiger partial charge in [-0.1, -0.05) is 41.4 Å². The van der Waals surface area contributed by atoms with Gasteiger partial charge in [-0.05, 0) is 42.0 Å². The zero-order chi connectivity index (χ0) is 13.8. The zero-order valence-electron chi connectivity index (χ0n) is 9.81. The third-order valence-electron chi connectivity index (χ3n) is 2.50. The third kappa shape index (κ3) is 3.60. The lowest BCUT2D eigenvalue weighted by Crippen LogP contribution is -1.94. The van der Waals surface area contributed by atoms with E-state index in [1.54, 1.807) is 24.3 Å². The molecule has 96 valence electrons. The minimum atomic E-state index is -0.319. The highest BCUT2D eigenvalue weighted by Gasteiger charge is 2.08. The molecule has 0 atom stereocenters. The highest BCUT2D eigenvalue weighted by Crippen LogP contribution is 2.22. The van der Waals surface area contributed by atoms with Crippen LogP contribution in [-0.2, 0) is 0 Å². The number of benzene rings is 2. The Morgan fingerprint density at radius 2 is 1.79 bits per heavy atom. The smallest absolute Gasteiger partial charge is 0.189 e. The Balaban J connectivity index is 2.23. The van der Waals surface area contributed by atoms with Gasteiger partial charge in [-0.25, -0.2) is 0 Å². The number of ketones is 1. The Hall–Kier alpha value is -1.77. The van der Waals surface area contributed by atoms with Crippen molar-refractivity contribution in [3.8, 4) is 5.75 Å². The van der Waals surface area contributed by atoms with E-state index in [1.807, 2.05) is 6.07 Å². The number of aromatic hydroxyl groups is 1. The largest absolute Gasteiger partial charge is 0.507 e. The fraction of sp³-hybridized carbons (Fsp3) is 0. The number of rotatable bonds is 3. The van der Waals surface area contributed by atoms with Crippen molar-refractivity contribution in [3.05, 3.63) is 69.7 Å². The molecule has 0 saturated carbocycles. The molecule has 0 saturated heterocycles. The number of phenols is 1. The highest BCUT2D eigenvalue weighted by atomic mass is 35.5. The molecule has 0 amide bonds. The average Bonchev–Trinajstić information content (AvgIpc) is 2.39. The summed E-state index contributed by atoms with van der Waals surface area (Å²) in [5, 5.41) is 10.6. The van der Waals surface area contributed by atoms with E-state index >= 15 is 0 Å². The summed E-state index contributed by atoms with van der Waals surface area (Å²) in [4.78, 5) is 11.9. The lowest BCUT2D eigenvalue weighted by atomic mass is 10.1. The van der Waals surface area contributed by atoms with Gasteiger partial charge >= 0.3 is 0 Å². The summed E-state index contributed by atoms with van der Waals surface area (Å²) < 4.78 is 0. The van der Waals surface area contributed by atoms with Crippen LogP contribution >= 0.6 is 23.2 Å². The molecule has 0 spiro atoms. The van der Waals surface area contributed by atoms with Gasteiger partial charge in [0.2, 0.25) is 0 Å². The molecule has 2 aromatic carbocycles. The summed E-state index contributed by atoms with van der Waals surface area (Å²) in [7, 11) is 0. The van der Waals surface area contributed by atoms with Gasteiger partial charge in [-0.15, -0.1) is 0 Å². The van der Waals surface area contributed by atoms with E-state index in [1.165, 1.54) is 24.3 Å². The number of phenolic OH excluding ortho intramolecular Hbond substituents is 1. The van der Waals surface area contributed by atoms with Crippen LogP contribution in [0.25, 0.3) is 6.08 Å². The Morgan fingerprint density at radius 1 is 1.05 bits per heavy atom. The van der Waals surface area contributed by atoms with Crippen molar-refractivity contribution in [2.24, 2.45) is 0 Å². The van der Waals surface area contributed by atoms with Crippen LogP contribution in [0.5, 0.6) is 5.75 Å². The summed E-state index contributed by atoms with van der Waals surface area (Å²) in [6.45, 7) is 0. The van der Waals surface area contributed by atoms with Crippen LogP contribution in [0.3, 0.4) is 0 Å². The van der Waals surface area contributed by atoms with E-state index in [0.29, 0.717) is 10.0 Å². The quantitative estimate of drug-likeness (QED) is 0.663. The second-order valence-electron chi connectivity index (χ2n) is 3.91. The fourth-order valence-corrected chi connectivity index (χ4v) is 1.95. The van der Waals surface area contributed by atoms with Gasteiger partial charge in [0.25, 0.3) is 0 Å². The number of carbonyl (C=O) groups excluding carboxylic acids is 1. The minimum absolute atomic E-state index is 0.0925. The predicted molar refractivity (Wildman–Crippen MR) is 77.9 cm³/mol. The van der Waals surface area contributed by atoms with Crippen molar-refractivity contribution < 1.29 is 9.90 Å². The number of halogens is 2. The molecule has 0 aliphatic heterocycles. The van der Waals surface area contributed by atoms with Crippen molar-refractivity contribution in [3.63, 3.8) is 0 Å². The van der Waals surface area contributed by atoms with Crippen LogP contribution in [0.4, 0.5) is 0 Å². The molecule has 0 aliphatic carbocycles. The Morgan fingerprint density at radius 3 is 2.53 bits per heavy atom. The molecule has 1 N–H and O–H groups in total. The lowest BCUT2D eigenvalue weighted by Gasteiger charge is -2.01. The van der Waals surface area contributed by atoms with E-state index in [2.05, 4.69) is 0 Å². The predicted octanol–water partition coefficient (Wildman–Crippen LogP) is 4.60. The van der Waals surface area contributed by atoms with Gasteiger partial charge in [-0.3, -0.25) is 4.79 Å². The van der Waals surface area contributed by atoms with Crippen LogP contribution in [0.1, 0.15) is 15.9 Å². The van der Waals surface area contributed by atoms with Gasteiger partial charge in [0.05, 0.1) is 5.56 Å². The molecule has 2 nitrogen and oxygen atoms in total. The molecular weight excluding hydrogens is 283 g/mol. The van der Waals surface area contributed by atoms with Crippen LogP contribution in [0.15, 0.2) is 48.5 Å². The second-order valence-corrected chi connectivity index (χ2v) is 4.79. The molecule has 0 fully saturated rings. The first-order chi connectivity index (χ1) is 9.06. The van der Waals surface area contributed by atoms with Gasteiger partial charge < -0.3 is 5.11 Å². The molecule has 0 heterocycles. The van der Waals surface area contributed by atoms with E-state index in [4.69, 9.17) is 23.2 Å². The van der Waals surface area contributed by atoms with Crippen LogP contribution < -0.4 is 0 Å². The molecular formula is C15H10Cl2O2. The second kappa shape index (κ2) is 5.91. The Bertz CT molecular complexity index is 648. The van der Waals surface area contributed by atoms with E-state index in [-0.39, 0.29) is 17.1 Å². The van der Waals surface area contributed by atoms with E-state index in [0.717, 1.165) is 5.56 Å². The zero-order valence-corrected chi connectivity index (χ0v) is 11.3. The maximum atomic E-state index is 11.9. The van der Waals surface area contributed by atoms with Crippen molar-refractivity contribution in [1.29, 1.82) is 0 Å². The van der Waals surface area contributed by atoms with Gasteiger partial charge in [0.15, 0.2) is 5.78 Å². The normalized spacial score (nSPS) is 10.8. The van der Waals surface area contributed by atoms with Crippen LogP contribution in [0, 0.1) is 0 Å². The topological polar surface area (TPSA) is 37.3 Å². The van der Waals surface area contributed by atoms with E-state index < -0.39 is 0 Å². The maximum absolute atomic E-state index is 11.9. The lowest BCUT2D eigenvalue weighted by molar-refractivity contribution is 0.104. The molecule has 0 aliphatic rings. The summed E-state index contributed by atoms with van der Waals surface area (Å²) in [6, 6.07) is 11.5. The summed E-state index contributed by atoms with van der Waals surface area (Å²) in [6.07, 6.45) is 3.01.